The van der Waals surface area contributed by atoms with Gasteiger partial charge in [-0.1, -0.05) is 42.8 Å². The first-order valence-electron chi connectivity index (χ1n) is 13.4. The van der Waals surface area contributed by atoms with Gasteiger partial charge in [-0.3, -0.25) is 9.59 Å². The quantitative estimate of drug-likeness (QED) is 0.290. The molecule has 1 saturated heterocycles. The van der Waals surface area contributed by atoms with E-state index in [9.17, 15) is 24.3 Å². The Morgan fingerprint density at radius 2 is 1.85 bits per heavy atom. The molecule has 1 saturated carbocycles. The Kier molecular flexibility index (Phi) is 10.3. The van der Waals surface area contributed by atoms with E-state index in [0.717, 1.165) is 24.8 Å². The zero-order valence-corrected chi connectivity index (χ0v) is 22.2. The van der Waals surface area contributed by atoms with Gasteiger partial charge >= 0.3 is 12.1 Å². The average Bonchev–Trinajstić information content (AvgIpc) is 3.35. The monoisotopic (exact) mass is 553 g/mol. The third-order valence-corrected chi connectivity index (χ3v) is 7.04. The van der Waals surface area contributed by atoms with Gasteiger partial charge in [0, 0.05) is 25.2 Å². The molecule has 3 unspecified atom stereocenters. The van der Waals surface area contributed by atoms with E-state index in [-0.39, 0.29) is 44.2 Å². The molecule has 2 aromatic rings. The van der Waals surface area contributed by atoms with Crippen molar-refractivity contribution in [1.29, 1.82) is 0 Å². The minimum atomic E-state index is -1.22. The van der Waals surface area contributed by atoms with Crippen molar-refractivity contribution in [2.45, 2.75) is 50.5 Å². The van der Waals surface area contributed by atoms with Gasteiger partial charge in [0.1, 0.15) is 25.1 Å². The molecule has 1 aliphatic carbocycles. The maximum atomic E-state index is 13.0. The highest BCUT2D eigenvalue weighted by atomic mass is 16.6. The molecule has 1 aliphatic heterocycles. The van der Waals surface area contributed by atoms with Crippen LogP contribution in [0, 0.1) is 5.92 Å². The number of rotatable bonds is 13. The summed E-state index contributed by atoms with van der Waals surface area (Å²) in [6.45, 7) is 0.192. The standard InChI is InChI=1S/C28H35N5O7/c34-25(31-15-23(27(36)37)32-26(35)20-9-6-10-20)18-39-22-13-21(14-30-24-11-4-5-12-29-24)33(16-22)28(38)40-17-19-7-2-1-3-8-19/h1-5,7-8,11-12,20-23H,6,9-10,13-18H2,(H,29,30)(H,31,34)(H,32,35)(H,36,37). The molecule has 214 valence electrons. The van der Waals surface area contributed by atoms with E-state index in [4.69, 9.17) is 9.47 Å². The van der Waals surface area contributed by atoms with Gasteiger partial charge < -0.3 is 35.4 Å². The minimum absolute atomic E-state index is 0.131. The zero-order valence-electron chi connectivity index (χ0n) is 22.2. The first-order chi connectivity index (χ1) is 19.4. The molecular weight excluding hydrogens is 518 g/mol. The summed E-state index contributed by atoms with van der Waals surface area (Å²) in [5.41, 5.74) is 0.867. The number of amides is 3. The summed E-state index contributed by atoms with van der Waals surface area (Å²) in [6.07, 6.45) is 3.65. The Hall–Kier alpha value is -4.19. The number of nitrogens with one attached hydrogen (secondary N) is 3. The molecule has 4 N–H and O–H groups in total. The van der Waals surface area contributed by atoms with Crippen molar-refractivity contribution in [3.8, 4) is 0 Å². The fraction of sp³-hybridized carbons (Fsp3) is 0.464. The van der Waals surface area contributed by atoms with Crippen LogP contribution in [0.15, 0.2) is 54.7 Å². The molecule has 12 nitrogen and oxygen atoms in total. The van der Waals surface area contributed by atoms with E-state index < -0.39 is 30.1 Å². The van der Waals surface area contributed by atoms with E-state index >= 15 is 0 Å². The first-order valence-corrected chi connectivity index (χ1v) is 13.4. The second-order valence-corrected chi connectivity index (χ2v) is 9.94. The van der Waals surface area contributed by atoms with Crippen LogP contribution in [0.1, 0.15) is 31.2 Å². The van der Waals surface area contributed by atoms with Crippen LogP contribution in [0.5, 0.6) is 0 Å². The smallest absolute Gasteiger partial charge is 0.410 e. The molecule has 0 spiro atoms. The Bertz CT molecular complexity index is 1150. The van der Waals surface area contributed by atoms with Crippen molar-refractivity contribution in [3.63, 3.8) is 0 Å². The summed E-state index contributed by atoms with van der Waals surface area (Å²) in [7, 11) is 0. The number of benzene rings is 1. The molecule has 4 rings (SSSR count). The topological polar surface area (TPSA) is 159 Å². The van der Waals surface area contributed by atoms with E-state index in [2.05, 4.69) is 20.9 Å². The van der Waals surface area contributed by atoms with E-state index in [0.29, 0.717) is 18.8 Å². The number of carboxylic acid groups (broad SMARTS) is 1. The molecule has 1 aromatic heterocycles. The SMILES string of the molecule is O=C(COC1CC(CNc2ccccn2)N(C(=O)OCc2ccccc2)C1)NCC(NC(=O)C1CCC1)C(=O)O. The van der Waals surface area contributed by atoms with Gasteiger partial charge in [0.15, 0.2) is 0 Å². The van der Waals surface area contributed by atoms with Crippen molar-refractivity contribution in [2.75, 3.05) is 31.6 Å². The number of aromatic nitrogens is 1. The lowest BCUT2D eigenvalue weighted by Gasteiger charge is -2.26. The number of carbonyl (C=O) groups is 4. The van der Waals surface area contributed by atoms with E-state index in [1.807, 2.05) is 48.5 Å². The highest BCUT2D eigenvalue weighted by Gasteiger charge is 2.37. The molecule has 12 heteroatoms. The van der Waals surface area contributed by atoms with Crippen molar-refractivity contribution >= 4 is 29.7 Å². The number of carboxylic acids is 1. The summed E-state index contributed by atoms with van der Waals surface area (Å²) in [4.78, 5) is 54.8. The van der Waals surface area contributed by atoms with Crippen LogP contribution >= 0.6 is 0 Å². The normalized spacial score (nSPS) is 19.2. The van der Waals surface area contributed by atoms with Gasteiger partial charge in [-0.2, -0.15) is 0 Å². The summed E-state index contributed by atoms with van der Waals surface area (Å²) in [5.74, 6) is -1.54. The van der Waals surface area contributed by atoms with Gasteiger partial charge in [0.25, 0.3) is 0 Å². The average molecular weight is 554 g/mol. The van der Waals surface area contributed by atoms with Gasteiger partial charge in [0.2, 0.25) is 11.8 Å². The Labute approximate surface area is 232 Å². The molecule has 2 heterocycles. The first kappa shape index (κ1) is 28.8. The van der Waals surface area contributed by atoms with Gasteiger partial charge in [-0.15, -0.1) is 0 Å². The molecule has 0 bridgehead atoms. The van der Waals surface area contributed by atoms with E-state index in [1.165, 1.54) is 0 Å². The van der Waals surface area contributed by atoms with Gasteiger partial charge in [-0.25, -0.2) is 14.6 Å². The molecule has 3 atom stereocenters. The van der Waals surface area contributed by atoms with Crippen LogP contribution in [0.4, 0.5) is 10.6 Å². The molecule has 40 heavy (non-hydrogen) atoms. The highest BCUT2D eigenvalue weighted by Crippen LogP contribution is 2.26. The molecule has 0 radical (unpaired) electrons. The number of hydrogen-bond acceptors (Lipinski definition) is 8. The van der Waals surface area contributed by atoms with Crippen molar-refractivity contribution in [3.05, 3.63) is 60.3 Å². The largest absolute Gasteiger partial charge is 0.480 e. The second-order valence-electron chi connectivity index (χ2n) is 9.94. The minimum Gasteiger partial charge on any atom is -0.480 e. The molecule has 2 aliphatic rings. The van der Waals surface area contributed by atoms with Crippen molar-refractivity contribution < 1.29 is 33.8 Å². The Balaban J connectivity index is 1.27. The molecule has 2 fully saturated rings. The Morgan fingerprint density at radius 1 is 1.07 bits per heavy atom. The predicted octanol–water partition coefficient (Wildman–Crippen LogP) is 1.78. The lowest BCUT2D eigenvalue weighted by Crippen LogP contribution is -2.51. The maximum Gasteiger partial charge on any atom is 0.410 e. The lowest BCUT2D eigenvalue weighted by molar-refractivity contribution is -0.143. The van der Waals surface area contributed by atoms with Crippen LogP contribution in [-0.4, -0.2) is 83.3 Å². The molecular formula is C28H35N5O7. The van der Waals surface area contributed by atoms with Gasteiger partial charge in [0.05, 0.1) is 18.7 Å². The number of pyridine rings is 1. The number of nitrogens with zero attached hydrogens (tertiary/aromatic N) is 2. The van der Waals surface area contributed by atoms with Crippen LogP contribution in [0.2, 0.25) is 0 Å². The lowest BCUT2D eigenvalue weighted by atomic mass is 9.84. The van der Waals surface area contributed by atoms with Crippen LogP contribution in [0.3, 0.4) is 0 Å². The fourth-order valence-corrected chi connectivity index (χ4v) is 4.52. The van der Waals surface area contributed by atoms with Crippen LogP contribution in [-0.2, 0) is 30.5 Å². The molecule has 1 aromatic carbocycles. The van der Waals surface area contributed by atoms with Crippen LogP contribution in [0.25, 0.3) is 0 Å². The van der Waals surface area contributed by atoms with E-state index in [1.54, 1.807) is 11.1 Å². The van der Waals surface area contributed by atoms with Gasteiger partial charge in [-0.05, 0) is 37.0 Å². The summed E-state index contributed by atoms with van der Waals surface area (Å²) >= 11 is 0. The number of hydrogen-bond donors (Lipinski definition) is 4. The summed E-state index contributed by atoms with van der Waals surface area (Å²) in [6, 6.07) is 13.4. The summed E-state index contributed by atoms with van der Waals surface area (Å²) < 4.78 is 11.3. The number of ether oxygens (including phenoxy) is 2. The number of carbonyl (C=O) groups excluding carboxylic acids is 3. The highest BCUT2D eigenvalue weighted by molar-refractivity contribution is 5.86. The number of aliphatic carboxylic acids is 1. The molecule has 3 amide bonds. The number of likely N-dealkylation sites (tertiary alicyclic amines) is 1. The zero-order chi connectivity index (χ0) is 28.3. The maximum absolute atomic E-state index is 13.0. The number of anilines is 1. The third kappa shape index (κ3) is 8.40. The van der Waals surface area contributed by atoms with Crippen molar-refractivity contribution in [2.24, 2.45) is 5.92 Å². The summed E-state index contributed by atoms with van der Waals surface area (Å²) in [5, 5.41) is 17.6. The second kappa shape index (κ2) is 14.3. The van der Waals surface area contributed by atoms with Crippen molar-refractivity contribution in [1.82, 2.24) is 20.5 Å². The third-order valence-electron chi connectivity index (χ3n) is 7.04. The predicted molar refractivity (Wildman–Crippen MR) is 144 cm³/mol. The fourth-order valence-electron chi connectivity index (χ4n) is 4.52. The Morgan fingerprint density at radius 3 is 2.52 bits per heavy atom. The van der Waals surface area contributed by atoms with Crippen LogP contribution < -0.4 is 16.0 Å².